The maximum atomic E-state index is 5.41. The summed E-state index contributed by atoms with van der Waals surface area (Å²) in [7, 11) is 0. The lowest BCUT2D eigenvalue weighted by atomic mass is 10.1. The van der Waals surface area contributed by atoms with Gasteiger partial charge in [-0.3, -0.25) is 0 Å². The molecule has 0 heterocycles. The van der Waals surface area contributed by atoms with Gasteiger partial charge in [0.25, 0.3) is 0 Å². The summed E-state index contributed by atoms with van der Waals surface area (Å²) in [6.07, 6.45) is 1.09. The number of ether oxygens (including phenoxy) is 1. The molecule has 0 saturated carbocycles. The molecule has 0 spiro atoms. The molecule has 1 aromatic carbocycles. The lowest BCUT2D eigenvalue weighted by Gasteiger charge is -2.13. The van der Waals surface area contributed by atoms with Crippen LogP contribution in [-0.4, -0.2) is 19.8 Å². The highest BCUT2D eigenvalue weighted by Gasteiger charge is 2.02. The van der Waals surface area contributed by atoms with Gasteiger partial charge in [-0.2, -0.15) is 0 Å². The van der Waals surface area contributed by atoms with E-state index in [2.05, 4.69) is 43.4 Å². The van der Waals surface area contributed by atoms with E-state index >= 15 is 0 Å². The number of benzene rings is 1. The van der Waals surface area contributed by atoms with Crippen molar-refractivity contribution >= 4 is 0 Å². The quantitative estimate of drug-likeness (QED) is 0.694. The molecule has 0 radical (unpaired) electrons. The van der Waals surface area contributed by atoms with Crippen molar-refractivity contribution in [1.29, 1.82) is 0 Å². The molecule has 0 aliphatic carbocycles. The summed E-state index contributed by atoms with van der Waals surface area (Å²) in [6, 6.07) is 10.9. The summed E-state index contributed by atoms with van der Waals surface area (Å²) in [4.78, 5) is 0. The molecule has 1 unspecified atom stereocenters. The van der Waals surface area contributed by atoms with E-state index in [1.165, 1.54) is 5.56 Å². The van der Waals surface area contributed by atoms with Crippen LogP contribution in [0.4, 0.5) is 0 Å². The summed E-state index contributed by atoms with van der Waals surface area (Å²) in [6.45, 7) is 6.87. The van der Waals surface area contributed by atoms with Crippen molar-refractivity contribution in [2.24, 2.45) is 0 Å². The zero-order valence-corrected chi connectivity index (χ0v) is 9.70. The first kappa shape index (κ1) is 12.2. The smallest absolute Gasteiger partial charge is 0.0591 e. The molecule has 0 fully saturated rings. The third-order valence-corrected chi connectivity index (χ3v) is 2.34. The van der Waals surface area contributed by atoms with Crippen molar-refractivity contribution in [3.8, 4) is 0 Å². The average molecular weight is 207 g/mol. The van der Waals surface area contributed by atoms with Crippen LogP contribution >= 0.6 is 0 Å². The fourth-order valence-electron chi connectivity index (χ4n) is 1.45. The minimum absolute atomic E-state index is 0.399. The Hall–Kier alpha value is -0.860. The van der Waals surface area contributed by atoms with Gasteiger partial charge in [0.2, 0.25) is 0 Å². The Balaban J connectivity index is 2.16. The highest BCUT2D eigenvalue weighted by molar-refractivity contribution is 5.17. The van der Waals surface area contributed by atoms with Crippen molar-refractivity contribution in [2.75, 3.05) is 19.8 Å². The Morgan fingerprint density at radius 1 is 1.20 bits per heavy atom. The fraction of sp³-hybridized carbons (Fsp3) is 0.538. The minimum atomic E-state index is 0.399. The Bertz CT molecular complexity index is 248. The molecule has 15 heavy (non-hydrogen) atoms. The third-order valence-electron chi connectivity index (χ3n) is 2.34. The highest BCUT2D eigenvalue weighted by Crippen LogP contribution is 2.10. The first-order valence-corrected chi connectivity index (χ1v) is 5.70. The number of hydrogen-bond acceptors (Lipinski definition) is 2. The molecular formula is C13H21NO. The maximum absolute atomic E-state index is 5.41. The first-order valence-electron chi connectivity index (χ1n) is 5.70. The Morgan fingerprint density at radius 2 is 1.93 bits per heavy atom. The molecule has 0 bridgehead atoms. The largest absolute Gasteiger partial charge is 0.380 e. The van der Waals surface area contributed by atoms with Crippen LogP contribution in [-0.2, 0) is 4.74 Å². The van der Waals surface area contributed by atoms with Crippen LogP contribution in [0.2, 0.25) is 0 Å². The summed E-state index contributed by atoms with van der Waals surface area (Å²) in [5, 5.41) is 3.43. The molecular weight excluding hydrogens is 186 g/mol. The number of nitrogens with one attached hydrogen (secondary N) is 1. The van der Waals surface area contributed by atoms with Crippen molar-refractivity contribution in [2.45, 2.75) is 26.3 Å². The van der Waals surface area contributed by atoms with E-state index in [4.69, 9.17) is 4.74 Å². The molecule has 0 aliphatic rings. The number of rotatable bonds is 7. The van der Waals surface area contributed by atoms with E-state index in [1.54, 1.807) is 0 Å². The monoisotopic (exact) mass is 207 g/mol. The van der Waals surface area contributed by atoms with Crippen LogP contribution in [0.25, 0.3) is 0 Å². The van der Waals surface area contributed by atoms with E-state index in [0.29, 0.717) is 6.04 Å². The third kappa shape index (κ3) is 4.96. The average Bonchev–Trinajstić information content (AvgIpc) is 2.30. The van der Waals surface area contributed by atoms with Gasteiger partial charge in [-0.25, -0.2) is 0 Å². The van der Waals surface area contributed by atoms with Gasteiger partial charge < -0.3 is 10.1 Å². The topological polar surface area (TPSA) is 21.3 Å². The molecule has 1 atom stereocenters. The summed E-state index contributed by atoms with van der Waals surface area (Å²) >= 11 is 0. The van der Waals surface area contributed by atoms with Crippen LogP contribution in [0.5, 0.6) is 0 Å². The lowest BCUT2D eigenvalue weighted by molar-refractivity contribution is 0.135. The first-order chi connectivity index (χ1) is 7.34. The highest BCUT2D eigenvalue weighted by atomic mass is 16.5. The number of hydrogen-bond donors (Lipinski definition) is 1. The molecule has 0 saturated heterocycles. The second kappa shape index (κ2) is 7.43. The van der Waals surface area contributed by atoms with E-state index < -0.39 is 0 Å². The van der Waals surface area contributed by atoms with Crippen LogP contribution in [0.15, 0.2) is 30.3 Å². The van der Waals surface area contributed by atoms with E-state index in [1.807, 2.05) is 6.07 Å². The minimum Gasteiger partial charge on any atom is -0.380 e. The van der Waals surface area contributed by atoms with Crippen molar-refractivity contribution in [1.82, 2.24) is 5.32 Å². The second-order valence-electron chi connectivity index (χ2n) is 3.70. The lowest BCUT2D eigenvalue weighted by Crippen LogP contribution is -2.23. The maximum Gasteiger partial charge on any atom is 0.0591 e. The molecule has 0 aliphatic heterocycles. The van der Waals surface area contributed by atoms with Gasteiger partial charge in [0.15, 0.2) is 0 Å². The molecule has 1 rings (SSSR count). The molecule has 84 valence electrons. The Kier molecular flexibility index (Phi) is 6.05. The molecule has 0 aromatic heterocycles. The van der Waals surface area contributed by atoms with Gasteiger partial charge in [-0.05, 0) is 18.9 Å². The van der Waals surface area contributed by atoms with Gasteiger partial charge in [0.05, 0.1) is 6.61 Å². The molecule has 2 heteroatoms. The molecule has 2 nitrogen and oxygen atoms in total. The van der Waals surface area contributed by atoms with Crippen LogP contribution in [0.3, 0.4) is 0 Å². The van der Waals surface area contributed by atoms with Gasteiger partial charge in [0.1, 0.15) is 0 Å². The second-order valence-corrected chi connectivity index (χ2v) is 3.70. The van der Waals surface area contributed by atoms with Crippen LogP contribution < -0.4 is 5.32 Å². The van der Waals surface area contributed by atoms with Gasteiger partial charge in [-0.1, -0.05) is 37.3 Å². The van der Waals surface area contributed by atoms with Crippen molar-refractivity contribution in [3.05, 3.63) is 35.9 Å². The molecule has 1 N–H and O–H groups in total. The van der Waals surface area contributed by atoms with Crippen molar-refractivity contribution < 1.29 is 4.74 Å². The summed E-state index contributed by atoms with van der Waals surface area (Å²) < 4.78 is 5.41. The summed E-state index contributed by atoms with van der Waals surface area (Å²) in [5.41, 5.74) is 1.33. The zero-order valence-electron chi connectivity index (χ0n) is 9.70. The van der Waals surface area contributed by atoms with Gasteiger partial charge >= 0.3 is 0 Å². The molecule has 1 aromatic rings. The predicted molar refractivity (Wildman–Crippen MR) is 64.0 cm³/mol. The van der Waals surface area contributed by atoms with E-state index in [0.717, 1.165) is 26.2 Å². The van der Waals surface area contributed by atoms with Gasteiger partial charge in [-0.15, -0.1) is 0 Å². The standard InChI is InChI=1S/C13H21NO/c1-3-10-15-11-9-14-12(2)13-7-5-4-6-8-13/h4-8,12,14H,3,9-11H2,1-2H3. The van der Waals surface area contributed by atoms with Crippen LogP contribution in [0, 0.1) is 0 Å². The Labute approximate surface area is 92.6 Å². The summed E-state index contributed by atoms with van der Waals surface area (Å²) in [5.74, 6) is 0. The fourth-order valence-corrected chi connectivity index (χ4v) is 1.45. The Morgan fingerprint density at radius 3 is 2.60 bits per heavy atom. The SMILES string of the molecule is CCCOCCNC(C)c1ccccc1. The van der Waals surface area contributed by atoms with Gasteiger partial charge in [0, 0.05) is 19.2 Å². The molecule has 0 amide bonds. The van der Waals surface area contributed by atoms with Crippen LogP contribution in [0.1, 0.15) is 31.9 Å². The normalized spacial score (nSPS) is 12.7. The zero-order chi connectivity index (χ0) is 10.9. The van der Waals surface area contributed by atoms with Crippen molar-refractivity contribution in [3.63, 3.8) is 0 Å². The van der Waals surface area contributed by atoms with E-state index in [9.17, 15) is 0 Å². The van der Waals surface area contributed by atoms with E-state index in [-0.39, 0.29) is 0 Å². The predicted octanol–water partition coefficient (Wildman–Crippen LogP) is 2.76.